The largest absolute Gasteiger partial charge is 0.481 e. The number of carbonyl (C=O) groups is 4. The first kappa shape index (κ1) is 28.9. The second-order valence-electron chi connectivity index (χ2n) is 9.39. The molecule has 1 heterocycles. The van der Waals surface area contributed by atoms with E-state index in [4.69, 9.17) is 25.4 Å². The summed E-state index contributed by atoms with van der Waals surface area (Å²) in [5.74, 6) is -3.86. The van der Waals surface area contributed by atoms with Crippen LogP contribution in [-0.4, -0.2) is 63.9 Å². The molecule has 3 rings (SSSR count). The molecule has 12 heteroatoms. The van der Waals surface area contributed by atoms with Gasteiger partial charge in [-0.05, 0) is 54.1 Å². The lowest BCUT2D eigenvalue weighted by Crippen LogP contribution is -2.53. The van der Waals surface area contributed by atoms with E-state index in [9.17, 15) is 24.3 Å². The van der Waals surface area contributed by atoms with E-state index < -0.39 is 42.3 Å². The standard InChI is InChI=1S/C27H30N4O8/c1-14(2)23(25(34)30-20(26(35)36)12-22(32)33)31(3)13-19-8-9-21(38-19)27(37)39-18-7-6-15-10-17(24(28)29)5-4-16(15)11-18/h4-11,14,20,23H,12-13H2,1-3H3,(H3,28,29)(H,30,34)(H,32,33)(H,35,36)/t20-,23-/m0/s1. The number of carboxylic acid groups (broad SMARTS) is 2. The Balaban J connectivity index is 1.67. The first-order valence-electron chi connectivity index (χ1n) is 12.0. The summed E-state index contributed by atoms with van der Waals surface area (Å²) in [6, 6.07) is 10.9. The molecule has 206 valence electrons. The van der Waals surface area contributed by atoms with Crippen molar-refractivity contribution in [2.75, 3.05) is 7.05 Å². The third-order valence-electron chi connectivity index (χ3n) is 5.97. The summed E-state index contributed by atoms with van der Waals surface area (Å²) in [5, 5.41) is 29.6. The number of amides is 1. The first-order chi connectivity index (χ1) is 18.3. The third-order valence-corrected chi connectivity index (χ3v) is 5.97. The normalized spacial score (nSPS) is 12.7. The lowest BCUT2D eigenvalue weighted by Gasteiger charge is -2.30. The summed E-state index contributed by atoms with van der Waals surface area (Å²) >= 11 is 0. The van der Waals surface area contributed by atoms with E-state index in [1.54, 1.807) is 68.3 Å². The van der Waals surface area contributed by atoms with E-state index in [-0.39, 0.29) is 24.1 Å². The molecule has 0 saturated carbocycles. The van der Waals surface area contributed by atoms with Crippen LogP contribution in [-0.2, 0) is 20.9 Å². The van der Waals surface area contributed by atoms with Crippen LogP contribution in [0, 0.1) is 11.3 Å². The predicted octanol–water partition coefficient (Wildman–Crippen LogP) is 2.44. The number of rotatable bonds is 12. The van der Waals surface area contributed by atoms with Gasteiger partial charge in [0.2, 0.25) is 11.7 Å². The monoisotopic (exact) mass is 538 g/mol. The van der Waals surface area contributed by atoms with Gasteiger partial charge in [-0.2, -0.15) is 0 Å². The number of nitrogens with two attached hydrogens (primary N) is 1. The fraction of sp³-hybridized carbons (Fsp3) is 0.296. The quantitative estimate of drug-likeness (QED) is 0.0988. The second-order valence-corrected chi connectivity index (χ2v) is 9.39. The highest BCUT2D eigenvalue weighted by molar-refractivity contribution is 5.99. The van der Waals surface area contributed by atoms with Gasteiger partial charge in [-0.1, -0.05) is 32.0 Å². The molecule has 0 saturated heterocycles. The Hall–Kier alpha value is -4.71. The number of esters is 1. The van der Waals surface area contributed by atoms with E-state index >= 15 is 0 Å². The van der Waals surface area contributed by atoms with Crippen molar-refractivity contribution in [2.24, 2.45) is 11.7 Å². The zero-order valence-corrected chi connectivity index (χ0v) is 21.6. The summed E-state index contributed by atoms with van der Waals surface area (Å²) in [6.07, 6.45) is -0.754. The number of hydrogen-bond acceptors (Lipinski definition) is 8. The van der Waals surface area contributed by atoms with Crippen molar-refractivity contribution < 1.29 is 38.5 Å². The predicted molar refractivity (Wildman–Crippen MR) is 141 cm³/mol. The molecule has 0 fully saturated rings. The fourth-order valence-corrected chi connectivity index (χ4v) is 4.17. The zero-order chi connectivity index (χ0) is 28.9. The molecule has 6 N–H and O–H groups in total. The summed E-state index contributed by atoms with van der Waals surface area (Å²) in [4.78, 5) is 49.4. The van der Waals surface area contributed by atoms with Crippen LogP contribution >= 0.6 is 0 Å². The van der Waals surface area contributed by atoms with Crippen LogP contribution in [0.1, 0.15) is 42.1 Å². The van der Waals surface area contributed by atoms with Gasteiger partial charge >= 0.3 is 17.9 Å². The highest BCUT2D eigenvalue weighted by Gasteiger charge is 2.32. The average Bonchev–Trinajstić information content (AvgIpc) is 3.31. The highest BCUT2D eigenvalue weighted by Crippen LogP contribution is 2.24. The Labute approximate surface area is 223 Å². The van der Waals surface area contributed by atoms with Crippen molar-refractivity contribution in [3.63, 3.8) is 0 Å². The lowest BCUT2D eigenvalue weighted by molar-refractivity contribution is -0.148. The molecule has 0 bridgehead atoms. The molecule has 0 aliphatic heterocycles. The number of nitrogens with one attached hydrogen (secondary N) is 2. The second kappa shape index (κ2) is 12.2. The summed E-state index contributed by atoms with van der Waals surface area (Å²) < 4.78 is 11.1. The molecule has 0 aliphatic rings. The van der Waals surface area contributed by atoms with Crippen molar-refractivity contribution in [1.29, 1.82) is 5.41 Å². The summed E-state index contributed by atoms with van der Waals surface area (Å²) in [6.45, 7) is 3.64. The fourth-order valence-electron chi connectivity index (χ4n) is 4.17. The van der Waals surface area contributed by atoms with E-state index in [0.717, 1.165) is 10.8 Å². The number of carbonyl (C=O) groups excluding carboxylic acids is 2. The maximum Gasteiger partial charge on any atom is 0.379 e. The van der Waals surface area contributed by atoms with Gasteiger partial charge in [-0.3, -0.25) is 19.9 Å². The van der Waals surface area contributed by atoms with Crippen LogP contribution in [0.3, 0.4) is 0 Å². The van der Waals surface area contributed by atoms with E-state index in [1.807, 2.05) is 0 Å². The Morgan fingerprint density at radius 2 is 1.72 bits per heavy atom. The van der Waals surface area contributed by atoms with E-state index in [2.05, 4.69) is 5.32 Å². The van der Waals surface area contributed by atoms with Gasteiger partial charge in [0, 0.05) is 5.56 Å². The number of amidine groups is 1. The highest BCUT2D eigenvalue weighted by atomic mass is 16.5. The van der Waals surface area contributed by atoms with Crippen LogP contribution in [0.4, 0.5) is 0 Å². The molecule has 0 spiro atoms. The van der Waals surface area contributed by atoms with Crippen molar-refractivity contribution in [3.05, 3.63) is 65.6 Å². The Morgan fingerprint density at radius 3 is 2.33 bits per heavy atom. The minimum absolute atomic E-state index is 0.0466. The smallest absolute Gasteiger partial charge is 0.379 e. The molecule has 2 atom stereocenters. The summed E-state index contributed by atoms with van der Waals surface area (Å²) in [5.41, 5.74) is 6.11. The van der Waals surface area contributed by atoms with Crippen molar-refractivity contribution >= 4 is 40.4 Å². The van der Waals surface area contributed by atoms with Gasteiger partial charge in [0.1, 0.15) is 23.4 Å². The van der Waals surface area contributed by atoms with Crippen LogP contribution < -0.4 is 15.8 Å². The molecule has 1 amide bonds. The van der Waals surface area contributed by atoms with Gasteiger partial charge in [0.15, 0.2) is 0 Å². The van der Waals surface area contributed by atoms with Crippen molar-refractivity contribution in [1.82, 2.24) is 10.2 Å². The Bertz CT molecular complexity index is 1410. The topological polar surface area (TPSA) is 196 Å². The first-order valence-corrected chi connectivity index (χ1v) is 12.0. The Kier molecular flexibility index (Phi) is 9.04. The number of furan rings is 1. The van der Waals surface area contributed by atoms with E-state index in [1.165, 1.54) is 6.07 Å². The molecular formula is C27H30N4O8. The average molecular weight is 539 g/mol. The van der Waals surface area contributed by atoms with Gasteiger partial charge < -0.3 is 30.4 Å². The number of fused-ring (bicyclic) bond motifs is 1. The maximum atomic E-state index is 12.8. The number of likely N-dealkylation sites (N-methyl/N-ethyl adjacent to an activating group) is 1. The number of nitrogen functional groups attached to an aromatic ring is 1. The van der Waals surface area contributed by atoms with E-state index in [0.29, 0.717) is 17.1 Å². The lowest BCUT2D eigenvalue weighted by atomic mass is 10.0. The molecule has 3 aromatic rings. The molecule has 39 heavy (non-hydrogen) atoms. The van der Waals surface area contributed by atoms with Gasteiger partial charge in [0.05, 0.1) is 19.0 Å². The minimum Gasteiger partial charge on any atom is -0.481 e. The number of carboxylic acids is 2. The van der Waals surface area contributed by atoms with Gasteiger partial charge in [-0.25, -0.2) is 9.59 Å². The molecule has 12 nitrogen and oxygen atoms in total. The van der Waals surface area contributed by atoms with Crippen LogP contribution in [0.15, 0.2) is 52.9 Å². The molecular weight excluding hydrogens is 508 g/mol. The van der Waals surface area contributed by atoms with Crippen LogP contribution in [0.25, 0.3) is 10.8 Å². The summed E-state index contributed by atoms with van der Waals surface area (Å²) in [7, 11) is 1.63. The number of nitrogens with zero attached hydrogens (tertiary/aromatic N) is 1. The van der Waals surface area contributed by atoms with Crippen molar-refractivity contribution in [3.8, 4) is 5.75 Å². The van der Waals surface area contributed by atoms with Crippen LogP contribution in [0.5, 0.6) is 5.75 Å². The maximum absolute atomic E-state index is 12.8. The van der Waals surface area contributed by atoms with Gasteiger partial charge in [0.25, 0.3) is 0 Å². The SMILES string of the molecule is CC(C)[C@@H](C(=O)N[C@@H](CC(=O)O)C(=O)O)N(C)Cc1ccc(C(=O)Oc2ccc3cc(C(=N)N)ccc3c2)o1. The minimum atomic E-state index is -1.57. The number of benzene rings is 2. The molecule has 2 aromatic carbocycles. The third kappa shape index (κ3) is 7.42. The molecule has 1 aromatic heterocycles. The number of aliphatic carboxylic acids is 2. The Morgan fingerprint density at radius 1 is 1.05 bits per heavy atom. The number of hydrogen-bond donors (Lipinski definition) is 5. The zero-order valence-electron chi connectivity index (χ0n) is 21.6. The molecule has 0 aliphatic carbocycles. The number of ether oxygens (including phenoxy) is 1. The van der Waals surface area contributed by atoms with Crippen LogP contribution in [0.2, 0.25) is 0 Å². The molecule has 0 radical (unpaired) electrons. The molecule has 0 unspecified atom stereocenters. The van der Waals surface area contributed by atoms with Gasteiger partial charge in [-0.15, -0.1) is 0 Å². The van der Waals surface area contributed by atoms with Crippen molar-refractivity contribution in [2.45, 2.75) is 38.9 Å².